The number of hydrogen-bond donors (Lipinski definition) is 2. The van der Waals surface area contributed by atoms with E-state index >= 15 is 0 Å². The Morgan fingerprint density at radius 2 is 2.38 bits per heavy atom. The third kappa shape index (κ3) is 4.70. The standard InChI is InChI=1S/C10H15N3O3/c1-7(5-10(14)15)6-11-4-3-9-12-8(2)13-16-9/h5,11H,3-4,6H2,1-2H3,(H,14,15). The van der Waals surface area contributed by atoms with Gasteiger partial charge >= 0.3 is 5.97 Å². The molecule has 1 aromatic heterocycles. The van der Waals surface area contributed by atoms with Gasteiger partial charge in [-0.2, -0.15) is 4.98 Å². The molecule has 0 atom stereocenters. The summed E-state index contributed by atoms with van der Waals surface area (Å²) < 4.78 is 4.93. The van der Waals surface area contributed by atoms with Crippen molar-refractivity contribution in [1.82, 2.24) is 15.5 Å². The molecule has 0 aliphatic heterocycles. The topological polar surface area (TPSA) is 88.2 Å². The summed E-state index contributed by atoms with van der Waals surface area (Å²) in [6.45, 7) is 4.74. The highest BCUT2D eigenvalue weighted by molar-refractivity contribution is 5.80. The van der Waals surface area contributed by atoms with Gasteiger partial charge in [0.05, 0.1) is 0 Å². The lowest BCUT2D eigenvalue weighted by Crippen LogP contribution is -2.19. The van der Waals surface area contributed by atoms with Crippen LogP contribution in [0.4, 0.5) is 0 Å². The highest BCUT2D eigenvalue weighted by atomic mass is 16.5. The van der Waals surface area contributed by atoms with E-state index in [2.05, 4.69) is 15.5 Å². The van der Waals surface area contributed by atoms with Crippen LogP contribution in [0.25, 0.3) is 0 Å². The number of nitrogens with zero attached hydrogens (tertiary/aromatic N) is 2. The average molecular weight is 225 g/mol. The van der Waals surface area contributed by atoms with E-state index in [0.29, 0.717) is 31.2 Å². The van der Waals surface area contributed by atoms with E-state index in [1.165, 1.54) is 6.08 Å². The Balaban J connectivity index is 2.19. The maximum atomic E-state index is 10.3. The van der Waals surface area contributed by atoms with Gasteiger partial charge in [-0.3, -0.25) is 0 Å². The van der Waals surface area contributed by atoms with Crippen molar-refractivity contribution in [3.8, 4) is 0 Å². The maximum Gasteiger partial charge on any atom is 0.328 e. The fourth-order valence-corrected chi connectivity index (χ4v) is 1.18. The van der Waals surface area contributed by atoms with Gasteiger partial charge in [-0.15, -0.1) is 0 Å². The second-order valence-electron chi connectivity index (χ2n) is 3.49. The molecule has 0 saturated heterocycles. The lowest BCUT2D eigenvalue weighted by molar-refractivity contribution is -0.131. The molecule has 0 fully saturated rings. The molecule has 1 heterocycles. The van der Waals surface area contributed by atoms with Gasteiger partial charge in [0, 0.05) is 25.6 Å². The third-order valence-corrected chi connectivity index (χ3v) is 1.86. The minimum Gasteiger partial charge on any atom is -0.478 e. The van der Waals surface area contributed by atoms with E-state index in [1.807, 2.05) is 0 Å². The van der Waals surface area contributed by atoms with Crippen LogP contribution in [0.3, 0.4) is 0 Å². The molecule has 1 aromatic rings. The van der Waals surface area contributed by atoms with Gasteiger partial charge in [0.15, 0.2) is 5.82 Å². The molecule has 6 heteroatoms. The summed E-state index contributed by atoms with van der Waals surface area (Å²) in [6.07, 6.45) is 1.82. The van der Waals surface area contributed by atoms with E-state index < -0.39 is 5.97 Å². The summed E-state index contributed by atoms with van der Waals surface area (Å²) in [6, 6.07) is 0. The first kappa shape index (κ1) is 12.4. The molecule has 88 valence electrons. The minimum atomic E-state index is -0.924. The molecular weight excluding hydrogens is 210 g/mol. The molecule has 0 unspecified atom stereocenters. The Morgan fingerprint density at radius 3 is 2.94 bits per heavy atom. The molecule has 0 spiro atoms. The second-order valence-corrected chi connectivity index (χ2v) is 3.49. The van der Waals surface area contributed by atoms with Crippen LogP contribution in [0.15, 0.2) is 16.2 Å². The van der Waals surface area contributed by atoms with Crippen molar-refractivity contribution in [2.75, 3.05) is 13.1 Å². The zero-order chi connectivity index (χ0) is 12.0. The van der Waals surface area contributed by atoms with Crippen molar-refractivity contribution in [3.63, 3.8) is 0 Å². The number of carboxylic acids is 1. The fraction of sp³-hybridized carbons (Fsp3) is 0.500. The number of aryl methyl sites for hydroxylation is 1. The van der Waals surface area contributed by atoms with Crippen LogP contribution in [-0.2, 0) is 11.2 Å². The largest absolute Gasteiger partial charge is 0.478 e. The van der Waals surface area contributed by atoms with E-state index in [9.17, 15) is 4.79 Å². The van der Waals surface area contributed by atoms with E-state index in [4.69, 9.17) is 9.63 Å². The third-order valence-electron chi connectivity index (χ3n) is 1.86. The second kappa shape index (κ2) is 6.02. The van der Waals surface area contributed by atoms with Crippen molar-refractivity contribution in [2.45, 2.75) is 20.3 Å². The normalized spacial score (nSPS) is 11.8. The molecule has 6 nitrogen and oxygen atoms in total. The van der Waals surface area contributed by atoms with Crippen molar-refractivity contribution < 1.29 is 14.4 Å². The van der Waals surface area contributed by atoms with Gasteiger partial charge < -0.3 is 14.9 Å². The Labute approximate surface area is 93.4 Å². The Morgan fingerprint density at radius 1 is 1.62 bits per heavy atom. The van der Waals surface area contributed by atoms with Crippen LogP contribution in [0.5, 0.6) is 0 Å². The van der Waals surface area contributed by atoms with Crippen molar-refractivity contribution >= 4 is 5.97 Å². The van der Waals surface area contributed by atoms with Gasteiger partial charge in [0.1, 0.15) is 0 Å². The van der Waals surface area contributed by atoms with Gasteiger partial charge in [-0.25, -0.2) is 4.79 Å². The molecule has 16 heavy (non-hydrogen) atoms. The summed E-state index contributed by atoms with van der Waals surface area (Å²) in [4.78, 5) is 14.4. The zero-order valence-electron chi connectivity index (χ0n) is 9.36. The number of aliphatic carboxylic acids is 1. The predicted molar refractivity (Wildman–Crippen MR) is 57.0 cm³/mol. The first-order valence-electron chi connectivity index (χ1n) is 4.98. The molecule has 0 bridgehead atoms. The van der Waals surface area contributed by atoms with Gasteiger partial charge in [0.25, 0.3) is 0 Å². The summed E-state index contributed by atoms with van der Waals surface area (Å²) >= 11 is 0. The number of rotatable bonds is 6. The molecule has 2 N–H and O–H groups in total. The van der Waals surface area contributed by atoms with E-state index in [-0.39, 0.29) is 0 Å². The van der Waals surface area contributed by atoms with Gasteiger partial charge in [0.2, 0.25) is 5.89 Å². The highest BCUT2D eigenvalue weighted by Gasteiger charge is 2.01. The van der Waals surface area contributed by atoms with Gasteiger partial charge in [-0.05, 0) is 13.8 Å². The van der Waals surface area contributed by atoms with Crippen LogP contribution in [0.1, 0.15) is 18.6 Å². The lowest BCUT2D eigenvalue weighted by Gasteiger charge is -2.01. The first-order chi connectivity index (χ1) is 7.58. The van der Waals surface area contributed by atoms with Crippen LogP contribution in [-0.4, -0.2) is 34.3 Å². The number of carboxylic acid groups (broad SMARTS) is 1. The summed E-state index contributed by atoms with van der Waals surface area (Å²) in [5, 5.41) is 15.2. The quantitative estimate of drug-likeness (QED) is 0.542. The molecule has 0 amide bonds. The molecule has 0 aliphatic carbocycles. The van der Waals surface area contributed by atoms with E-state index in [0.717, 1.165) is 5.57 Å². The van der Waals surface area contributed by atoms with Crippen molar-refractivity contribution in [3.05, 3.63) is 23.4 Å². The summed E-state index contributed by atoms with van der Waals surface area (Å²) in [7, 11) is 0. The number of aromatic nitrogens is 2. The van der Waals surface area contributed by atoms with Crippen molar-refractivity contribution in [1.29, 1.82) is 0 Å². The molecule has 0 aromatic carbocycles. The Hall–Kier alpha value is -1.69. The number of carbonyl (C=O) groups is 1. The van der Waals surface area contributed by atoms with Gasteiger partial charge in [-0.1, -0.05) is 10.7 Å². The summed E-state index contributed by atoms with van der Waals surface area (Å²) in [5.74, 6) is 0.286. The summed E-state index contributed by atoms with van der Waals surface area (Å²) in [5.41, 5.74) is 0.772. The molecule has 0 radical (unpaired) electrons. The Bertz CT molecular complexity index is 384. The SMILES string of the molecule is CC(=CC(=O)O)CNCCc1nc(C)no1. The lowest BCUT2D eigenvalue weighted by atomic mass is 10.3. The van der Waals surface area contributed by atoms with Crippen molar-refractivity contribution in [2.24, 2.45) is 0 Å². The monoisotopic (exact) mass is 225 g/mol. The van der Waals surface area contributed by atoms with Crippen LogP contribution < -0.4 is 5.32 Å². The minimum absolute atomic E-state index is 0.541. The maximum absolute atomic E-state index is 10.3. The van der Waals surface area contributed by atoms with E-state index in [1.54, 1.807) is 13.8 Å². The van der Waals surface area contributed by atoms with Crippen LogP contribution in [0.2, 0.25) is 0 Å². The average Bonchev–Trinajstić information content (AvgIpc) is 2.58. The Kier molecular flexibility index (Phi) is 4.65. The number of hydrogen-bond acceptors (Lipinski definition) is 5. The predicted octanol–water partition coefficient (Wildman–Crippen LogP) is 0.541. The molecule has 0 saturated carbocycles. The smallest absolute Gasteiger partial charge is 0.328 e. The highest BCUT2D eigenvalue weighted by Crippen LogP contribution is 1.96. The molecular formula is C10H15N3O3. The molecule has 1 rings (SSSR count). The van der Waals surface area contributed by atoms with Crippen LogP contribution >= 0.6 is 0 Å². The molecule has 0 aliphatic rings. The zero-order valence-corrected chi connectivity index (χ0v) is 9.36. The number of nitrogens with one attached hydrogen (secondary N) is 1. The fourth-order valence-electron chi connectivity index (χ4n) is 1.18. The van der Waals surface area contributed by atoms with Crippen LogP contribution in [0, 0.1) is 6.92 Å². The first-order valence-corrected chi connectivity index (χ1v) is 4.98.